The van der Waals surface area contributed by atoms with Gasteiger partial charge in [0.2, 0.25) is 0 Å². The lowest BCUT2D eigenvalue weighted by Crippen LogP contribution is -2.22. The number of aromatic nitrogens is 5. The maximum atomic E-state index is 6.70. The molecular weight excluding hydrogens is 592 g/mol. The number of methoxy groups -OCH3 is 2. The molecule has 3 aromatic heterocycles. The molecule has 11 heteroatoms. The highest BCUT2D eigenvalue weighted by Gasteiger charge is 2.21. The molecule has 0 amide bonds. The van der Waals surface area contributed by atoms with Gasteiger partial charge in [0.1, 0.15) is 35.6 Å². The van der Waals surface area contributed by atoms with Crippen molar-refractivity contribution in [1.29, 1.82) is 0 Å². The number of benzene rings is 2. The Morgan fingerprint density at radius 3 is 2.55 bits per heavy atom. The molecule has 2 aromatic carbocycles. The maximum Gasteiger partial charge on any atom is 0.145 e. The molecule has 0 saturated carbocycles. The van der Waals surface area contributed by atoms with Gasteiger partial charge in [0, 0.05) is 69.3 Å². The van der Waals surface area contributed by atoms with Crippen LogP contribution in [0.2, 0.25) is 30.7 Å². The van der Waals surface area contributed by atoms with Crippen LogP contribution in [0, 0.1) is 6.92 Å². The van der Waals surface area contributed by atoms with Gasteiger partial charge in [-0.3, -0.25) is 0 Å². The predicted octanol–water partition coefficient (Wildman–Crippen LogP) is 7.70. The maximum absolute atomic E-state index is 6.70. The van der Waals surface area contributed by atoms with Crippen LogP contribution in [0.15, 0.2) is 73.3 Å². The Bertz CT molecular complexity index is 1730. The van der Waals surface area contributed by atoms with Gasteiger partial charge >= 0.3 is 0 Å². The van der Waals surface area contributed by atoms with E-state index in [4.69, 9.17) is 35.9 Å². The summed E-state index contributed by atoms with van der Waals surface area (Å²) in [6.07, 6.45) is 7.56. The molecule has 0 atom stereocenters. The number of hydrogen-bond donors (Lipinski definition) is 1. The Morgan fingerprint density at radius 2 is 1.80 bits per heavy atom. The van der Waals surface area contributed by atoms with Crippen LogP contribution >= 0.6 is 11.6 Å². The second-order valence-corrected chi connectivity index (χ2v) is 17.8. The van der Waals surface area contributed by atoms with E-state index in [1.807, 2.05) is 83.3 Å². The average Bonchev–Trinajstić information content (AvgIpc) is 3.66. The fourth-order valence-corrected chi connectivity index (χ4v) is 5.73. The van der Waals surface area contributed by atoms with Crippen molar-refractivity contribution in [3.63, 3.8) is 0 Å². The average molecular weight is 631 g/mol. The van der Waals surface area contributed by atoms with Gasteiger partial charge in [0.25, 0.3) is 0 Å². The van der Waals surface area contributed by atoms with Crippen molar-refractivity contribution in [1.82, 2.24) is 24.3 Å². The summed E-state index contributed by atoms with van der Waals surface area (Å²) in [6, 6.07) is 16.6. The monoisotopic (exact) mass is 630 g/mol. The number of imidazole rings is 1. The first-order chi connectivity index (χ1) is 21.2. The van der Waals surface area contributed by atoms with Gasteiger partial charge in [-0.1, -0.05) is 49.4 Å². The van der Waals surface area contributed by atoms with Gasteiger partial charge in [0.15, 0.2) is 0 Å². The van der Waals surface area contributed by atoms with Crippen LogP contribution in [0.5, 0.6) is 11.5 Å². The van der Waals surface area contributed by atoms with Crippen LogP contribution in [0.1, 0.15) is 11.1 Å². The summed E-state index contributed by atoms with van der Waals surface area (Å²) in [5.41, 5.74) is 5.25. The quantitative estimate of drug-likeness (QED) is 0.105. The third kappa shape index (κ3) is 7.32. The predicted molar refractivity (Wildman–Crippen MR) is 179 cm³/mol. The summed E-state index contributed by atoms with van der Waals surface area (Å²) in [5, 5.41) is 9.10. The molecule has 0 bridgehead atoms. The second-order valence-electron chi connectivity index (χ2n) is 11.8. The molecular formula is C33H39ClN6O3Si. The zero-order valence-electron chi connectivity index (χ0n) is 26.1. The van der Waals surface area contributed by atoms with E-state index in [1.54, 1.807) is 20.4 Å². The lowest BCUT2D eigenvalue weighted by atomic mass is 10.1. The fraction of sp³-hybridized carbons (Fsp3) is 0.303. The van der Waals surface area contributed by atoms with E-state index in [2.05, 4.69) is 29.9 Å². The minimum absolute atomic E-state index is 0.407. The molecule has 0 aliphatic rings. The molecule has 0 saturated heterocycles. The van der Waals surface area contributed by atoms with Crippen LogP contribution in [-0.4, -0.2) is 53.2 Å². The van der Waals surface area contributed by atoms with Gasteiger partial charge in [0.05, 0.1) is 30.5 Å². The largest absolute Gasteiger partial charge is 0.497 e. The van der Waals surface area contributed by atoms with E-state index in [-0.39, 0.29) is 0 Å². The highest BCUT2D eigenvalue weighted by atomic mass is 35.5. The van der Waals surface area contributed by atoms with E-state index in [1.165, 1.54) is 0 Å². The van der Waals surface area contributed by atoms with Crippen LogP contribution in [0.25, 0.3) is 28.3 Å². The highest BCUT2D eigenvalue weighted by Crippen LogP contribution is 2.36. The van der Waals surface area contributed by atoms with Gasteiger partial charge in [-0.2, -0.15) is 5.10 Å². The number of aryl methyl sites for hydroxylation is 1. The van der Waals surface area contributed by atoms with Crippen LogP contribution in [0.3, 0.4) is 0 Å². The molecule has 5 aromatic rings. The lowest BCUT2D eigenvalue weighted by Gasteiger charge is -2.16. The first-order valence-corrected chi connectivity index (χ1v) is 18.6. The van der Waals surface area contributed by atoms with E-state index in [9.17, 15) is 0 Å². The minimum Gasteiger partial charge on any atom is -0.497 e. The molecule has 1 N–H and O–H groups in total. The summed E-state index contributed by atoms with van der Waals surface area (Å²) in [4.78, 5) is 9.34. The van der Waals surface area contributed by atoms with Crippen LogP contribution in [0.4, 0.5) is 5.82 Å². The first kappa shape index (κ1) is 31.3. The molecule has 9 nitrogen and oxygen atoms in total. The summed E-state index contributed by atoms with van der Waals surface area (Å²) < 4.78 is 20.9. The number of rotatable bonds is 13. The van der Waals surface area contributed by atoms with Crippen molar-refractivity contribution in [3.8, 4) is 39.8 Å². The minimum atomic E-state index is -1.19. The number of ether oxygens (including phenoxy) is 3. The number of nitrogens with zero attached hydrogens (tertiary/aromatic N) is 5. The molecule has 0 spiro atoms. The van der Waals surface area contributed by atoms with E-state index in [0.29, 0.717) is 24.1 Å². The third-order valence-corrected chi connectivity index (χ3v) is 9.34. The Kier molecular flexibility index (Phi) is 9.73. The molecule has 0 aliphatic carbocycles. The summed E-state index contributed by atoms with van der Waals surface area (Å²) in [5.74, 6) is 2.95. The third-order valence-electron chi connectivity index (χ3n) is 7.30. The van der Waals surface area contributed by atoms with Crippen molar-refractivity contribution in [2.24, 2.45) is 0 Å². The zero-order valence-corrected chi connectivity index (χ0v) is 27.9. The van der Waals surface area contributed by atoms with Gasteiger partial charge in [-0.15, -0.1) is 0 Å². The topological polar surface area (TPSA) is 88.2 Å². The van der Waals surface area contributed by atoms with Gasteiger partial charge in [-0.25, -0.2) is 14.6 Å². The number of halogens is 1. The molecule has 0 aliphatic heterocycles. The molecule has 0 radical (unpaired) electrons. The highest BCUT2D eigenvalue weighted by molar-refractivity contribution is 6.76. The smallest absolute Gasteiger partial charge is 0.145 e. The van der Waals surface area contributed by atoms with Crippen molar-refractivity contribution in [2.75, 3.05) is 26.1 Å². The number of pyridine rings is 1. The van der Waals surface area contributed by atoms with Crippen molar-refractivity contribution in [3.05, 3.63) is 89.5 Å². The van der Waals surface area contributed by atoms with Crippen LogP contribution in [-0.2, 0) is 18.0 Å². The number of hydrogen-bond acceptors (Lipinski definition) is 7. The van der Waals surface area contributed by atoms with Crippen LogP contribution < -0.4 is 14.8 Å². The standard InChI is InChI=1S/C33H39ClN6O3Si/c1-23-19-36-31(37-20-24-11-12-25(41-2)17-30(24)42-3)18-29(23)40-21-27(32(38-40)26-9-7-8-10-28(26)34)33-35-13-14-39(33)22-43-15-16-44(4,5)6/h7-14,17-19,21H,15-16,20,22H2,1-6H3,(H,36,37). The Balaban J connectivity index is 1.47. The number of anilines is 1. The molecule has 0 fully saturated rings. The molecule has 0 unspecified atom stereocenters. The normalized spacial score (nSPS) is 11.5. The summed E-state index contributed by atoms with van der Waals surface area (Å²) in [6.45, 7) is 10.7. The Labute approximate surface area is 264 Å². The molecule has 230 valence electrons. The van der Waals surface area contributed by atoms with Crippen molar-refractivity contribution in [2.45, 2.75) is 45.9 Å². The second kappa shape index (κ2) is 13.7. The molecule has 5 rings (SSSR count). The lowest BCUT2D eigenvalue weighted by molar-refractivity contribution is 0.0883. The fourth-order valence-electron chi connectivity index (χ4n) is 4.75. The summed E-state index contributed by atoms with van der Waals surface area (Å²) >= 11 is 6.70. The molecule has 3 heterocycles. The Morgan fingerprint density at radius 1 is 0.977 bits per heavy atom. The zero-order chi connectivity index (χ0) is 31.3. The van der Waals surface area contributed by atoms with E-state index >= 15 is 0 Å². The first-order valence-electron chi connectivity index (χ1n) is 14.5. The molecule has 44 heavy (non-hydrogen) atoms. The summed E-state index contributed by atoms with van der Waals surface area (Å²) in [7, 11) is 2.09. The van der Waals surface area contributed by atoms with Gasteiger partial charge in [-0.05, 0) is 36.7 Å². The number of nitrogens with one attached hydrogen (secondary N) is 1. The van der Waals surface area contributed by atoms with E-state index < -0.39 is 8.07 Å². The Hall–Kier alpha value is -4.12. The SMILES string of the molecule is COc1ccc(CNc2cc(-n3cc(-c4nccn4COCC[Si](C)(C)C)c(-c4ccccc4Cl)n3)c(C)cn2)c(OC)c1. The van der Waals surface area contributed by atoms with Crippen molar-refractivity contribution >= 4 is 25.5 Å². The van der Waals surface area contributed by atoms with Crippen molar-refractivity contribution < 1.29 is 14.2 Å². The van der Waals surface area contributed by atoms with Gasteiger partial charge < -0.3 is 24.1 Å². The van der Waals surface area contributed by atoms with E-state index in [0.717, 1.165) is 63.6 Å².